The second kappa shape index (κ2) is 2.46. The Labute approximate surface area is 62.9 Å². The first kappa shape index (κ1) is 7.34. The van der Waals surface area contributed by atoms with Gasteiger partial charge in [-0.3, -0.25) is 14.9 Å². The first-order valence-corrected chi connectivity index (χ1v) is 3.66. The zero-order valence-electron chi connectivity index (χ0n) is 5.51. The molecule has 0 spiro atoms. The molecule has 0 aromatic heterocycles. The largest absolute Gasteiger partial charge is 0.286 e. The van der Waals surface area contributed by atoms with E-state index >= 15 is 0 Å². The van der Waals surface area contributed by atoms with Crippen LogP contribution >= 0.6 is 11.8 Å². The van der Waals surface area contributed by atoms with Crippen molar-refractivity contribution in [3.8, 4) is 0 Å². The molecule has 0 radical (unpaired) electrons. The maximum atomic E-state index is 10.8. The van der Waals surface area contributed by atoms with Crippen LogP contribution in [0, 0.1) is 0 Å². The zero-order valence-corrected chi connectivity index (χ0v) is 6.33. The number of hydrogen-bond acceptors (Lipinski definition) is 3. The van der Waals surface area contributed by atoms with Gasteiger partial charge in [0.1, 0.15) is 5.25 Å². The Morgan fingerprint density at radius 1 is 1.70 bits per heavy atom. The number of hydrogen-bond donors (Lipinski definition) is 1. The minimum Gasteiger partial charge on any atom is -0.286 e. The topological polar surface area (TPSA) is 46.2 Å². The fraction of sp³-hybridized carbons (Fsp3) is 0.333. The summed E-state index contributed by atoms with van der Waals surface area (Å²) in [6.07, 6.45) is 0. The van der Waals surface area contributed by atoms with Gasteiger partial charge in [0, 0.05) is 0 Å². The van der Waals surface area contributed by atoms with E-state index in [-0.39, 0.29) is 16.4 Å². The minimum atomic E-state index is -0.368. The lowest BCUT2D eigenvalue weighted by molar-refractivity contribution is -0.118. The van der Waals surface area contributed by atoms with Crippen LogP contribution in [0.4, 0.5) is 4.79 Å². The Morgan fingerprint density at radius 2 is 2.30 bits per heavy atom. The number of nitrogens with one attached hydrogen (secondary N) is 1. The molecule has 1 N–H and O–H groups in total. The Hall–Kier alpha value is -0.770. The third-order valence-corrected chi connectivity index (χ3v) is 2.30. The quantitative estimate of drug-likeness (QED) is 0.575. The van der Waals surface area contributed by atoms with Crippen LogP contribution in [0.3, 0.4) is 0 Å². The van der Waals surface area contributed by atoms with E-state index in [1.807, 2.05) is 0 Å². The van der Waals surface area contributed by atoms with Crippen LogP contribution in [0.15, 0.2) is 12.2 Å². The molecule has 0 aromatic rings. The lowest BCUT2D eigenvalue weighted by Gasteiger charge is -2.00. The summed E-state index contributed by atoms with van der Waals surface area (Å²) in [4.78, 5) is 21.4. The van der Waals surface area contributed by atoms with E-state index in [1.165, 1.54) is 0 Å². The first-order chi connectivity index (χ1) is 4.61. The average molecular weight is 157 g/mol. The molecular formula is C6H7NO2S. The van der Waals surface area contributed by atoms with Gasteiger partial charge in [-0.05, 0) is 18.7 Å². The monoisotopic (exact) mass is 157 g/mol. The zero-order chi connectivity index (χ0) is 7.72. The van der Waals surface area contributed by atoms with Gasteiger partial charge in [0.25, 0.3) is 5.24 Å². The Balaban J connectivity index is 2.72. The van der Waals surface area contributed by atoms with Gasteiger partial charge in [0.2, 0.25) is 5.91 Å². The minimum absolute atomic E-state index is 0.248. The molecule has 1 saturated heterocycles. The number of carbonyl (C=O) groups is 2. The fourth-order valence-corrected chi connectivity index (χ4v) is 1.42. The molecule has 1 aliphatic rings. The van der Waals surface area contributed by atoms with Crippen LogP contribution in [-0.2, 0) is 4.79 Å². The summed E-state index contributed by atoms with van der Waals surface area (Å²) in [5, 5.41) is 1.52. The van der Waals surface area contributed by atoms with E-state index in [1.54, 1.807) is 6.92 Å². The summed E-state index contributed by atoms with van der Waals surface area (Å²) in [5.41, 5.74) is 0.716. The molecule has 1 heterocycles. The summed E-state index contributed by atoms with van der Waals surface area (Å²) >= 11 is 0.983. The van der Waals surface area contributed by atoms with E-state index < -0.39 is 0 Å². The smallest absolute Gasteiger partial charge is 0.286 e. The van der Waals surface area contributed by atoms with Gasteiger partial charge >= 0.3 is 0 Å². The summed E-state index contributed by atoms with van der Waals surface area (Å²) in [7, 11) is 0. The molecular weight excluding hydrogens is 150 g/mol. The maximum absolute atomic E-state index is 10.8. The number of imide groups is 1. The van der Waals surface area contributed by atoms with E-state index in [4.69, 9.17) is 0 Å². The van der Waals surface area contributed by atoms with Gasteiger partial charge in [-0.1, -0.05) is 12.2 Å². The normalized spacial score (nSPS) is 24.7. The van der Waals surface area contributed by atoms with Crippen molar-refractivity contribution in [1.29, 1.82) is 0 Å². The molecule has 54 valence electrons. The summed E-state index contributed by atoms with van der Waals surface area (Å²) in [6, 6.07) is 0. The number of thioether (sulfide) groups is 1. The fourth-order valence-electron chi connectivity index (χ4n) is 0.681. The summed E-state index contributed by atoms with van der Waals surface area (Å²) in [6.45, 7) is 5.32. The highest BCUT2D eigenvalue weighted by Crippen LogP contribution is 2.23. The van der Waals surface area contributed by atoms with Crippen LogP contribution in [0.1, 0.15) is 6.92 Å². The SMILES string of the molecule is C=C(C)C1SC(=O)NC1=O. The predicted molar refractivity (Wildman–Crippen MR) is 39.7 cm³/mol. The highest BCUT2D eigenvalue weighted by Gasteiger charge is 2.31. The Bertz CT molecular complexity index is 212. The number of carbonyl (C=O) groups excluding carboxylic acids is 2. The van der Waals surface area contributed by atoms with Crippen molar-refractivity contribution in [2.75, 3.05) is 0 Å². The van der Waals surface area contributed by atoms with Gasteiger partial charge in [-0.15, -0.1) is 0 Å². The van der Waals surface area contributed by atoms with Gasteiger partial charge in [0.05, 0.1) is 0 Å². The van der Waals surface area contributed by atoms with Crippen molar-refractivity contribution in [2.45, 2.75) is 12.2 Å². The number of amides is 2. The van der Waals surface area contributed by atoms with Crippen LogP contribution in [0.5, 0.6) is 0 Å². The van der Waals surface area contributed by atoms with E-state index in [2.05, 4.69) is 11.9 Å². The van der Waals surface area contributed by atoms with E-state index in [9.17, 15) is 9.59 Å². The molecule has 1 unspecified atom stereocenters. The lowest BCUT2D eigenvalue weighted by atomic mass is 10.2. The first-order valence-electron chi connectivity index (χ1n) is 2.78. The molecule has 4 heteroatoms. The Morgan fingerprint density at radius 3 is 2.50 bits per heavy atom. The van der Waals surface area contributed by atoms with Crippen molar-refractivity contribution < 1.29 is 9.59 Å². The lowest BCUT2D eigenvalue weighted by Crippen LogP contribution is -2.24. The third kappa shape index (κ3) is 1.21. The molecule has 1 rings (SSSR count). The molecule has 0 aromatic carbocycles. The average Bonchev–Trinajstić information content (AvgIpc) is 2.10. The summed E-state index contributed by atoms with van der Waals surface area (Å²) in [5.74, 6) is -0.248. The van der Waals surface area contributed by atoms with Crippen LogP contribution in [-0.4, -0.2) is 16.4 Å². The molecule has 0 aliphatic carbocycles. The van der Waals surface area contributed by atoms with Crippen molar-refractivity contribution in [3.63, 3.8) is 0 Å². The molecule has 1 fully saturated rings. The van der Waals surface area contributed by atoms with Gasteiger partial charge in [0.15, 0.2) is 0 Å². The molecule has 2 amide bonds. The Kier molecular flexibility index (Phi) is 1.80. The molecule has 1 atom stereocenters. The van der Waals surface area contributed by atoms with Crippen molar-refractivity contribution in [2.24, 2.45) is 0 Å². The van der Waals surface area contributed by atoms with E-state index in [0.29, 0.717) is 5.57 Å². The maximum Gasteiger partial charge on any atom is 0.286 e. The molecule has 3 nitrogen and oxygen atoms in total. The van der Waals surface area contributed by atoms with Crippen LogP contribution < -0.4 is 5.32 Å². The number of rotatable bonds is 1. The van der Waals surface area contributed by atoms with Crippen LogP contribution in [0.25, 0.3) is 0 Å². The molecule has 0 saturated carbocycles. The second-order valence-corrected chi connectivity index (χ2v) is 3.20. The van der Waals surface area contributed by atoms with Crippen molar-refractivity contribution in [1.82, 2.24) is 5.32 Å². The molecule has 10 heavy (non-hydrogen) atoms. The van der Waals surface area contributed by atoms with Gasteiger partial charge in [-0.25, -0.2) is 0 Å². The second-order valence-electron chi connectivity index (χ2n) is 2.12. The third-order valence-electron chi connectivity index (χ3n) is 1.14. The standard InChI is InChI=1S/C6H7NO2S/c1-3(2)4-5(8)7-6(9)10-4/h4H,1H2,2H3,(H,7,8,9). The highest BCUT2D eigenvalue weighted by atomic mass is 32.2. The molecule has 0 bridgehead atoms. The van der Waals surface area contributed by atoms with Crippen LogP contribution in [0.2, 0.25) is 0 Å². The predicted octanol–water partition coefficient (Wildman–Crippen LogP) is 0.914. The van der Waals surface area contributed by atoms with Crippen molar-refractivity contribution >= 4 is 22.9 Å². The van der Waals surface area contributed by atoms with Gasteiger partial charge < -0.3 is 0 Å². The van der Waals surface area contributed by atoms with Gasteiger partial charge in [-0.2, -0.15) is 0 Å². The summed E-state index contributed by atoms with van der Waals surface area (Å²) < 4.78 is 0. The molecule has 1 aliphatic heterocycles. The van der Waals surface area contributed by atoms with E-state index in [0.717, 1.165) is 11.8 Å². The van der Waals surface area contributed by atoms with Crippen molar-refractivity contribution in [3.05, 3.63) is 12.2 Å². The highest BCUT2D eigenvalue weighted by molar-refractivity contribution is 8.15.